The lowest BCUT2D eigenvalue weighted by molar-refractivity contribution is 0.129. The zero-order valence-corrected chi connectivity index (χ0v) is 14.5. The van der Waals surface area contributed by atoms with Gasteiger partial charge in [0.05, 0.1) is 24.5 Å². The molecule has 0 radical (unpaired) electrons. The van der Waals surface area contributed by atoms with Crippen LogP contribution >= 0.6 is 0 Å². The van der Waals surface area contributed by atoms with Crippen molar-refractivity contribution in [2.24, 2.45) is 0 Å². The number of ether oxygens (including phenoxy) is 1. The number of halogens is 1. The third-order valence-corrected chi connectivity index (χ3v) is 4.59. The van der Waals surface area contributed by atoms with E-state index in [2.05, 4.69) is 15.6 Å². The zero-order chi connectivity index (χ0) is 18.1. The molecule has 1 aromatic carbocycles. The Hall–Kier alpha value is -2.74. The summed E-state index contributed by atoms with van der Waals surface area (Å²) in [6.07, 6.45) is 3.76. The molecular formula is C18H20FN5O2. The largest absolute Gasteiger partial charge is 0.442 e. The lowest BCUT2D eigenvalue weighted by Crippen LogP contribution is -2.26. The molecule has 2 aliphatic rings. The molecule has 0 unspecified atom stereocenters. The highest BCUT2D eigenvalue weighted by Gasteiger charge is 2.33. The van der Waals surface area contributed by atoms with Crippen LogP contribution in [0.15, 0.2) is 30.5 Å². The van der Waals surface area contributed by atoms with E-state index in [0.29, 0.717) is 24.3 Å². The number of cyclic esters (lactones) is 1. The first-order chi connectivity index (χ1) is 12.6. The molecule has 0 aliphatic carbocycles. The summed E-state index contributed by atoms with van der Waals surface area (Å²) in [5.41, 5.74) is 2.90. The van der Waals surface area contributed by atoms with E-state index in [9.17, 15) is 9.18 Å². The van der Waals surface area contributed by atoms with Crippen molar-refractivity contribution >= 4 is 17.4 Å². The number of nitrogens with zero attached hydrogens (tertiary/aromatic N) is 4. The van der Waals surface area contributed by atoms with Crippen molar-refractivity contribution in [1.82, 2.24) is 20.3 Å². The van der Waals surface area contributed by atoms with Crippen LogP contribution in [0.2, 0.25) is 0 Å². The number of anilines is 1. The molecule has 7 nitrogen and oxygen atoms in total. The molecule has 1 saturated heterocycles. The summed E-state index contributed by atoms with van der Waals surface area (Å²) >= 11 is 0. The SMILES string of the molecule is Cc1cn(C[C@H]2CN(c3ccc(C4=CCNCC4)c(F)c3)C(=O)O2)nn1. The van der Waals surface area contributed by atoms with Gasteiger partial charge in [-0.3, -0.25) is 4.90 Å². The van der Waals surface area contributed by atoms with Gasteiger partial charge in [-0.1, -0.05) is 11.3 Å². The number of hydrogen-bond acceptors (Lipinski definition) is 5. The molecule has 26 heavy (non-hydrogen) atoms. The summed E-state index contributed by atoms with van der Waals surface area (Å²) in [5.74, 6) is -0.321. The number of amides is 1. The number of carbonyl (C=O) groups is 1. The van der Waals surface area contributed by atoms with Gasteiger partial charge in [0, 0.05) is 18.3 Å². The standard InChI is InChI=1S/C18H20FN5O2/c1-12-9-23(22-21-12)10-15-11-24(18(25)26-15)14-2-3-16(17(19)8-14)13-4-6-20-7-5-13/h2-4,8-9,15,20H,5-7,10-11H2,1H3/t15-/m0/s1. The maximum Gasteiger partial charge on any atom is 0.414 e. The van der Waals surface area contributed by atoms with Crippen molar-refractivity contribution in [1.29, 1.82) is 0 Å². The molecule has 8 heteroatoms. The van der Waals surface area contributed by atoms with Crippen molar-refractivity contribution in [3.63, 3.8) is 0 Å². The maximum absolute atomic E-state index is 14.6. The number of rotatable bonds is 4. The predicted molar refractivity (Wildman–Crippen MR) is 94.2 cm³/mol. The molecule has 1 aromatic heterocycles. The van der Waals surface area contributed by atoms with Crippen LogP contribution in [0.4, 0.5) is 14.9 Å². The van der Waals surface area contributed by atoms with Gasteiger partial charge in [0.15, 0.2) is 0 Å². The Morgan fingerprint density at radius 2 is 2.31 bits per heavy atom. The zero-order valence-electron chi connectivity index (χ0n) is 14.5. The van der Waals surface area contributed by atoms with Gasteiger partial charge in [0.25, 0.3) is 0 Å². The van der Waals surface area contributed by atoms with Crippen molar-refractivity contribution in [2.45, 2.75) is 26.0 Å². The molecule has 2 aromatic rings. The quantitative estimate of drug-likeness (QED) is 0.908. The van der Waals surface area contributed by atoms with Gasteiger partial charge in [-0.25, -0.2) is 13.9 Å². The summed E-state index contributed by atoms with van der Waals surface area (Å²) in [6.45, 7) is 4.21. The Morgan fingerprint density at radius 1 is 1.42 bits per heavy atom. The van der Waals surface area contributed by atoms with Crippen LogP contribution in [0.25, 0.3) is 5.57 Å². The second-order valence-corrected chi connectivity index (χ2v) is 6.55. The Balaban J connectivity index is 1.49. The Morgan fingerprint density at radius 3 is 3.00 bits per heavy atom. The fraction of sp³-hybridized carbons (Fsp3) is 0.389. The van der Waals surface area contributed by atoms with Gasteiger partial charge in [0.1, 0.15) is 11.9 Å². The van der Waals surface area contributed by atoms with Crippen molar-refractivity contribution in [2.75, 3.05) is 24.5 Å². The highest BCUT2D eigenvalue weighted by Crippen LogP contribution is 2.28. The van der Waals surface area contributed by atoms with E-state index >= 15 is 0 Å². The molecule has 1 atom stereocenters. The fourth-order valence-corrected chi connectivity index (χ4v) is 3.32. The second-order valence-electron chi connectivity index (χ2n) is 6.55. The topological polar surface area (TPSA) is 72.3 Å². The molecular weight excluding hydrogens is 337 g/mol. The first-order valence-corrected chi connectivity index (χ1v) is 8.65. The number of aromatic nitrogens is 3. The second kappa shape index (κ2) is 6.87. The monoisotopic (exact) mass is 357 g/mol. The molecule has 4 rings (SSSR count). The van der Waals surface area contributed by atoms with E-state index in [4.69, 9.17) is 4.74 Å². The van der Waals surface area contributed by atoms with Gasteiger partial charge in [0.2, 0.25) is 0 Å². The van der Waals surface area contributed by atoms with Crippen molar-refractivity contribution in [3.8, 4) is 0 Å². The number of hydrogen-bond donors (Lipinski definition) is 1. The average Bonchev–Trinajstić information content (AvgIpc) is 3.21. The molecule has 0 spiro atoms. The number of aryl methyl sites for hydroxylation is 1. The van der Waals surface area contributed by atoms with Crippen LogP contribution < -0.4 is 10.2 Å². The van der Waals surface area contributed by atoms with Gasteiger partial charge >= 0.3 is 6.09 Å². The number of carbonyl (C=O) groups excluding carboxylic acids is 1. The summed E-state index contributed by atoms with van der Waals surface area (Å²) in [6, 6.07) is 4.91. The molecule has 0 bridgehead atoms. The molecule has 1 N–H and O–H groups in total. The van der Waals surface area contributed by atoms with Gasteiger partial charge in [-0.15, -0.1) is 5.10 Å². The summed E-state index contributed by atoms with van der Waals surface area (Å²) in [5, 5.41) is 11.1. The number of benzene rings is 1. The third-order valence-electron chi connectivity index (χ3n) is 4.59. The smallest absolute Gasteiger partial charge is 0.414 e. The molecule has 136 valence electrons. The third kappa shape index (κ3) is 3.32. The normalized spacial score (nSPS) is 20.2. The van der Waals surface area contributed by atoms with Crippen LogP contribution in [0.1, 0.15) is 17.7 Å². The molecule has 1 fully saturated rings. The Bertz CT molecular complexity index is 863. The van der Waals surface area contributed by atoms with Crippen LogP contribution in [0.5, 0.6) is 0 Å². The van der Waals surface area contributed by atoms with E-state index in [0.717, 1.165) is 30.8 Å². The summed E-state index contributed by atoms with van der Waals surface area (Å²) < 4.78 is 21.6. The number of nitrogens with one attached hydrogen (secondary N) is 1. The van der Waals surface area contributed by atoms with E-state index in [-0.39, 0.29) is 11.9 Å². The summed E-state index contributed by atoms with van der Waals surface area (Å²) in [4.78, 5) is 13.7. The minimum Gasteiger partial charge on any atom is -0.442 e. The molecule has 1 amide bonds. The maximum atomic E-state index is 14.6. The van der Waals surface area contributed by atoms with Crippen LogP contribution in [-0.4, -0.2) is 46.8 Å². The lowest BCUT2D eigenvalue weighted by atomic mass is 9.99. The molecule has 0 saturated carbocycles. The van der Waals surface area contributed by atoms with Crippen LogP contribution in [0, 0.1) is 12.7 Å². The minimum atomic E-state index is -0.472. The highest BCUT2D eigenvalue weighted by atomic mass is 19.1. The van der Waals surface area contributed by atoms with Crippen LogP contribution in [0.3, 0.4) is 0 Å². The van der Waals surface area contributed by atoms with E-state index in [1.165, 1.54) is 11.0 Å². The van der Waals surface area contributed by atoms with Gasteiger partial charge < -0.3 is 10.1 Å². The fourth-order valence-electron chi connectivity index (χ4n) is 3.32. The lowest BCUT2D eigenvalue weighted by Gasteiger charge is -2.17. The average molecular weight is 357 g/mol. The van der Waals surface area contributed by atoms with Gasteiger partial charge in [-0.2, -0.15) is 0 Å². The first kappa shape index (κ1) is 16.7. The van der Waals surface area contributed by atoms with Crippen molar-refractivity contribution in [3.05, 3.63) is 47.5 Å². The minimum absolute atomic E-state index is 0.321. The predicted octanol–water partition coefficient (Wildman–Crippen LogP) is 2.13. The van der Waals surface area contributed by atoms with Crippen LogP contribution in [-0.2, 0) is 11.3 Å². The summed E-state index contributed by atoms with van der Waals surface area (Å²) in [7, 11) is 0. The molecule has 2 aliphatic heterocycles. The van der Waals surface area contributed by atoms with E-state index in [1.54, 1.807) is 23.0 Å². The van der Waals surface area contributed by atoms with E-state index in [1.807, 2.05) is 13.0 Å². The highest BCUT2D eigenvalue weighted by molar-refractivity contribution is 5.90. The molecule has 3 heterocycles. The first-order valence-electron chi connectivity index (χ1n) is 8.65. The van der Waals surface area contributed by atoms with Gasteiger partial charge in [-0.05, 0) is 43.7 Å². The Kier molecular flexibility index (Phi) is 4.42. The van der Waals surface area contributed by atoms with E-state index < -0.39 is 6.09 Å². The van der Waals surface area contributed by atoms with Crippen molar-refractivity contribution < 1.29 is 13.9 Å². The Labute approximate surface area is 150 Å².